The van der Waals surface area contributed by atoms with Crippen molar-refractivity contribution in [2.24, 2.45) is 0 Å². The number of H-pyrrole nitrogens is 2. The Bertz CT molecular complexity index is 1410. The molecule has 182 valence electrons. The van der Waals surface area contributed by atoms with Crippen LogP contribution in [0.3, 0.4) is 0 Å². The van der Waals surface area contributed by atoms with Gasteiger partial charge in [-0.3, -0.25) is 9.89 Å². The number of likely N-dealkylation sites (tertiary alicyclic amines) is 1. The molecule has 2 aromatic heterocycles. The maximum absolute atomic E-state index is 13.6. The highest BCUT2D eigenvalue weighted by atomic mass is 19.1. The molecule has 0 unspecified atom stereocenters. The summed E-state index contributed by atoms with van der Waals surface area (Å²) in [6, 6.07) is 9.62. The van der Waals surface area contributed by atoms with E-state index in [9.17, 15) is 14.0 Å². The van der Waals surface area contributed by atoms with Gasteiger partial charge in [-0.15, -0.1) is 0 Å². The SMILES string of the molecule is CC(C)(C)OC(=O)N1CCC(NC(=O)c2ccc3[nH]nc(-c4nc5ccc(F)cc5[nH]4)c3c2)CC1. The molecule has 1 aliphatic heterocycles. The van der Waals surface area contributed by atoms with Crippen LogP contribution in [0.2, 0.25) is 0 Å². The van der Waals surface area contributed by atoms with E-state index < -0.39 is 5.60 Å². The minimum absolute atomic E-state index is 0.0361. The van der Waals surface area contributed by atoms with Crippen LogP contribution in [-0.2, 0) is 4.74 Å². The maximum Gasteiger partial charge on any atom is 0.410 e. The zero-order valence-electron chi connectivity index (χ0n) is 19.8. The Labute approximate surface area is 201 Å². The van der Waals surface area contributed by atoms with Gasteiger partial charge in [0, 0.05) is 30.1 Å². The number of piperidine rings is 1. The van der Waals surface area contributed by atoms with Crippen LogP contribution >= 0.6 is 0 Å². The summed E-state index contributed by atoms with van der Waals surface area (Å²) in [6.07, 6.45) is 0.980. The molecule has 1 saturated heterocycles. The first kappa shape index (κ1) is 22.8. The third-order valence-corrected chi connectivity index (χ3v) is 5.98. The molecule has 0 atom stereocenters. The summed E-state index contributed by atoms with van der Waals surface area (Å²) in [7, 11) is 0. The predicted octanol–water partition coefficient (Wildman–Crippen LogP) is 4.37. The minimum Gasteiger partial charge on any atom is -0.444 e. The number of nitrogens with one attached hydrogen (secondary N) is 3. The maximum atomic E-state index is 13.6. The van der Waals surface area contributed by atoms with E-state index in [-0.39, 0.29) is 23.9 Å². The van der Waals surface area contributed by atoms with Gasteiger partial charge < -0.3 is 19.9 Å². The molecule has 5 rings (SSSR count). The van der Waals surface area contributed by atoms with Gasteiger partial charge in [-0.25, -0.2) is 14.2 Å². The van der Waals surface area contributed by atoms with Gasteiger partial charge in [0.05, 0.1) is 16.6 Å². The van der Waals surface area contributed by atoms with Crippen molar-refractivity contribution >= 4 is 33.9 Å². The molecule has 0 spiro atoms. The predicted molar refractivity (Wildman–Crippen MR) is 129 cm³/mol. The zero-order valence-corrected chi connectivity index (χ0v) is 19.8. The fourth-order valence-electron chi connectivity index (χ4n) is 4.23. The van der Waals surface area contributed by atoms with Gasteiger partial charge in [0.25, 0.3) is 5.91 Å². The Hall–Kier alpha value is -3.95. The second-order valence-electron chi connectivity index (χ2n) is 9.79. The lowest BCUT2D eigenvalue weighted by Crippen LogP contribution is -2.47. The highest BCUT2D eigenvalue weighted by Gasteiger charge is 2.28. The highest BCUT2D eigenvalue weighted by molar-refractivity contribution is 6.01. The van der Waals surface area contributed by atoms with E-state index in [1.807, 2.05) is 20.8 Å². The smallest absolute Gasteiger partial charge is 0.410 e. The number of aromatic amines is 2. The first-order valence-corrected chi connectivity index (χ1v) is 11.6. The number of amides is 2. The zero-order chi connectivity index (χ0) is 24.7. The van der Waals surface area contributed by atoms with E-state index >= 15 is 0 Å². The van der Waals surface area contributed by atoms with E-state index in [1.165, 1.54) is 12.1 Å². The number of imidazole rings is 1. The van der Waals surface area contributed by atoms with Crippen molar-refractivity contribution in [3.63, 3.8) is 0 Å². The quantitative estimate of drug-likeness (QED) is 0.404. The molecule has 3 N–H and O–H groups in total. The molecule has 9 nitrogen and oxygen atoms in total. The number of hydrogen-bond donors (Lipinski definition) is 3. The standard InChI is InChI=1S/C25H27FN6O3/c1-25(2,3)35-24(34)32-10-8-16(9-11-32)27-23(33)14-4-6-18-17(12-14)21(31-30-18)22-28-19-7-5-15(26)13-20(19)29-22/h4-7,12-13,16H,8-11H2,1-3H3,(H,27,33)(H,28,29)(H,30,31). The van der Waals surface area contributed by atoms with E-state index in [0.717, 1.165) is 10.9 Å². The van der Waals surface area contributed by atoms with Crippen LogP contribution in [0, 0.1) is 5.82 Å². The van der Waals surface area contributed by atoms with Gasteiger partial charge >= 0.3 is 6.09 Å². The number of halogens is 1. The Morgan fingerprint density at radius 3 is 2.63 bits per heavy atom. The van der Waals surface area contributed by atoms with Crippen LogP contribution in [0.15, 0.2) is 36.4 Å². The summed E-state index contributed by atoms with van der Waals surface area (Å²) in [6.45, 7) is 6.57. The number of nitrogens with zero attached hydrogens (tertiary/aromatic N) is 3. The number of carbonyl (C=O) groups excluding carboxylic acids is 2. The molecule has 1 aliphatic rings. The molecule has 0 radical (unpaired) electrons. The van der Waals surface area contributed by atoms with Crippen LogP contribution in [0.5, 0.6) is 0 Å². The first-order valence-electron chi connectivity index (χ1n) is 11.6. The lowest BCUT2D eigenvalue weighted by molar-refractivity contribution is 0.0199. The van der Waals surface area contributed by atoms with Crippen LogP contribution in [0.1, 0.15) is 44.0 Å². The minimum atomic E-state index is -0.536. The van der Waals surface area contributed by atoms with Crippen LogP contribution in [0.25, 0.3) is 33.5 Å². The summed E-state index contributed by atoms with van der Waals surface area (Å²) in [5.41, 5.74) is 2.47. The molecule has 0 saturated carbocycles. The molecule has 1 fully saturated rings. The Morgan fingerprint density at radius 1 is 1.11 bits per heavy atom. The van der Waals surface area contributed by atoms with Gasteiger partial charge in [0.1, 0.15) is 17.1 Å². The lowest BCUT2D eigenvalue weighted by atomic mass is 10.0. The second-order valence-corrected chi connectivity index (χ2v) is 9.79. The molecule has 2 amide bonds. The number of fused-ring (bicyclic) bond motifs is 2. The molecule has 2 aromatic carbocycles. The fraction of sp³-hybridized carbons (Fsp3) is 0.360. The van der Waals surface area contributed by atoms with Gasteiger partial charge in [-0.2, -0.15) is 5.10 Å². The monoisotopic (exact) mass is 478 g/mol. The van der Waals surface area contributed by atoms with Crippen molar-refractivity contribution in [1.82, 2.24) is 30.4 Å². The third kappa shape index (κ3) is 4.82. The van der Waals surface area contributed by atoms with Crippen molar-refractivity contribution in [2.75, 3.05) is 13.1 Å². The van der Waals surface area contributed by atoms with E-state index in [4.69, 9.17) is 4.74 Å². The molecule has 0 aliphatic carbocycles. The van der Waals surface area contributed by atoms with E-state index in [2.05, 4.69) is 25.5 Å². The molecule has 3 heterocycles. The van der Waals surface area contributed by atoms with Crippen molar-refractivity contribution in [1.29, 1.82) is 0 Å². The summed E-state index contributed by atoms with van der Waals surface area (Å²) in [4.78, 5) is 34.5. The number of ether oxygens (including phenoxy) is 1. The van der Waals surface area contributed by atoms with Crippen molar-refractivity contribution < 1.29 is 18.7 Å². The normalized spacial score (nSPS) is 15.0. The average molecular weight is 479 g/mol. The second kappa shape index (κ2) is 8.68. The number of rotatable bonds is 3. The van der Waals surface area contributed by atoms with Gasteiger partial charge in [-0.1, -0.05) is 0 Å². The molecular formula is C25H27FN6O3. The number of benzene rings is 2. The highest BCUT2D eigenvalue weighted by Crippen LogP contribution is 2.27. The Balaban J connectivity index is 1.29. The molecule has 4 aromatic rings. The Kier molecular flexibility index (Phi) is 5.66. The van der Waals surface area contributed by atoms with E-state index in [1.54, 1.807) is 29.2 Å². The van der Waals surface area contributed by atoms with Crippen LogP contribution in [0.4, 0.5) is 9.18 Å². The summed E-state index contributed by atoms with van der Waals surface area (Å²) in [5.74, 6) is -0.0548. The van der Waals surface area contributed by atoms with Crippen LogP contribution < -0.4 is 5.32 Å². The van der Waals surface area contributed by atoms with Crippen molar-refractivity contribution in [3.8, 4) is 11.5 Å². The topological polar surface area (TPSA) is 116 Å². The lowest BCUT2D eigenvalue weighted by Gasteiger charge is -2.33. The first-order chi connectivity index (χ1) is 16.7. The van der Waals surface area contributed by atoms with Crippen molar-refractivity contribution in [2.45, 2.75) is 45.3 Å². The molecule has 35 heavy (non-hydrogen) atoms. The molecule has 10 heteroatoms. The number of carbonyl (C=O) groups is 2. The van der Waals surface area contributed by atoms with Crippen LogP contribution in [-0.4, -0.2) is 61.8 Å². The van der Waals surface area contributed by atoms with Gasteiger partial charge in [0.2, 0.25) is 0 Å². The van der Waals surface area contributed by atoms with Gasteiger partial charge in [-0.05, 0) is 70.0 Å². The Morgan fingerprint density at radius 2 is 1.89 bits per heavy atom. The average Bonchev–Trinajstić information content (AvgIpc) is 3.41. The summed E-state index contributed by atoms with van der Waals surface area (Å²) >= 11 is 0. The number of aromatic nitrogens is 4. The summed E-state index contributed by atoms with van der Waals surface area (Å²) in [5, 5.41) is 11.1. The third-order valence-electron chi connectivity index (χ3n) is 5.98. The number of hydrogen-bond acceptors (Lipinski definition) is 5. The molecule has 0 bridgehead atoms. The fourth-order valence-corrected chi connectivity index (χ4v) is 4.23. The molecular weight excluding hydrogens is 451 g/mol. The van der Waals surface area contributed by atoms with Crippen molar-refractivity contribution in [3.05, 3.63) is 47.8 Å². The van der Waals surface area contributed by atoms with E-state index in [0.29, 0.717) is 54.0 Å². The van der Waals surface area contributed by atoms with Gasteiger partial charge in [0.15, 0.2) is 5.82 Å². The summed E-state index contributed by atoms with van der Waals surface area (Å²) < 4.78 is 19.0. The largest absolute Gasteiger partial charge is 0.444 e.